The molecule has 0 amide bonds. The van der Waals surface area contributed by atoms with Gasteiger partial charge in [0.15, 0.2) is 0 Å². The highest BCUT2D eigenvalue weighted by atomic mass is 32.2. The summed E-state index contributed by atoms with van der Waals surface area (Å²) in [4.78, 5) is 2.04. The molecule has 2 unspecified atom stereocenters. The molecule has 25 heavy (non-hydrogen) atoms. The van der Waals surface area contributed by atoms with E-state index in [9.17, 15) is 21.6 Å². The Hall–Kier alpha value is -1.16. The lowest BCUT2D eigenvalue weighted by molar-refractivity contribution is -0.137. The number of halogens is 3. The van der Waals surface area contributed by atoms with E-state index >= 15 is 0 Å². The maximum absolute atomic E-state index is 12.5. The number of sulfonamides is 1. The van der Waals surface area contributed by atoms with Crippen molar-refractivity contribution in [2.24, 2.45) is 0 Å². The van der Waals surface area contributed by atoms with Crippen molar-refractivity contribution in [3.05, 3.63) is 29.8 Å². The van der Waals surface area contributed by atoms with Crippen LogP contribution in [0.2, 0.25) is 0 Å². The molecule has 1 aromatic rings. The molecule has 1 fully saturated rings. The number of ether oxygens (including phenoxy) is 1. The predicted molar refractivity (Wildman–Crippen MR) is 87.7 cm³/mol. The molecule has 1 N–H and O–H groups in total. The minimum atomic E-state index is -4.48. The van der Waals surface area contributed by atoms with Gasteiger partial charge < -0.3 is 4.74 Å². The number of morpholine rings is 1. The highest BCUT2D eigenvalue weighted by Crippen LogP contribution is 2.29. The van der Waals surface area contributed by atoms with E-state index in [0.717, 1.165) is 43.9 Å². The lowest BCUT2D eigenvalue weighted by atomic mass is 10.2. The first-order valence-electron chi connectivity index (χ1n) is 8.12. The normalized spacial score (nSPS) is 22.9. The Morgan fingerprint density at radius 3 is 2.24 bits per heavy atom. The average molecular weight is 380 g/mol. The van der Waals surface area contributed by atoms with Crippen LogP contribution in [0.4, 0.5) is 13.2 Å². The number of nitrogens with one attached hydrogen (secondary N) is 1. The lowest BCUT2D eigenvalue weighted by Gasteiger charge is -2.35. The Kier molecular flexibility index (Phi) is 6.47. The molecule has 0 bridgehead atoms. The maximum Gasteiger partial charge on any atom is 0.416 e. The van der Waals surface area contributed by atoms with E-state index in [0.29, 0.717) is 6.42 Å². The van der Waals surface area contributed by atoms with Gasteiger partial charge >= 0.3 is 6.18 Å². The van der Waals surface area contributed by atoms with Crippen LogP contribution < -0.4 is 4.72 Å². The molecule has 2 rings (SSSR count). The topological polar surface area (TPSA) is 58.6 Å². The van der Waals surface area contributed by atoms with Crippen LogP contribution in [0.5, 0.6) is 0 Å². The zero-order valence-corrected chi connectivity index (χ0v) is 15.0. The highest BCUT2D eigenvalue weighted by Gasteiger charge is 2.30. The van der Waals surface area contributed by atoms with E-state index in [1.165, 1.54) is 0 Å². The van der Waals surface area contributed by atoms with E-state index in [1.54, 1.807) is 0 Å². The number of hydrogen-bond acceptors (Lipinski definition) is 4. The highest BCUT2D eigenvalue weighted by molar-refractivity contribution is 7.89. The first-order chi connectivity index (χ1) is 11.6. The van der Waals surface area contributed by atoms with Gasteiger partial charge in [0, 0.05) is 19.6 Å². The van der Waals surface area contributed by atoms with Crippen molar-refractivity contribution in [2.75, 3.05) is 26.2 Å². The molecule has 1 aliphatic heterocycles. The quantitative estimate of drug-likeness (QED) is 0.771. The molecule has 1 aliphatic rings. The van der Waals surface area contributed by atoms with Gasteiger partial charge in [-0.25, -0.2) is 13.1 Å². The van der Waals surface area contributed by atoms with Crippen molar-refractivity contribution >= 4 is 10.0 Å². The molecule has 9 heteroatoms. The fourth-order valence-electron chi connectivity index (χ4n) is 2.88. The molecule has 0 aliphatic carbocycles. The summed E-state index contributed by atoms with van der Waals surface area (Å²) in [5.74, 6) is 0. The van der Waals surface area contributed by atoms with Crippen molar-refractivity contribution in [3.8, 4) is 0 Å². The van der Waals surface area contributed by atoms with Crippen molar-refractivity contribution < 1.29 is 26.3 Å². The molecule has 2 atom stereocenters. The first kappa shape index (κ1) is 20.2. The number of nitrogens with zero attached hydrogens (tertiary/aromatic N) is 1. The van der Waals surface area contributed by atoms with Gasteiger partial charge in [0.1, 0.15) is 0 Å². The second-order valence-electron chi connectivity index (χ2n) is 6.29. The van der Waals surface area contributed by atoms with Crippen LogP contribution in [0.3, 0.4) is 0 Å². The number of hydrogen-bond donors (Lipinski definition) is 1. The predicted octanol–water partition coefficient (Wildman–Crippen LogP) is 2.48. The molecule has 1 aromatic carbocycles. The van der Waals surface area contributed by atoms with Crippen LogP contribution in [0.1, 0.15) is 25.8 Å². The molecule has 0 radical (unpaired) electrons. The van der Waals surface area contributed by atoms with Crippen LogP contribution in [-0.2, 0) is 20.9 Å². The summed E-state index contributed by atoms with van der Waals surface area (Å²) < 4.78 is 69.9. The Balaban J connectivity index is 1.83. The van der Waals surface area contributed by atoms with Crippen LogP contribution in [0.25, 0.3) is 0 Å². The standard InChI is InChI=1S/C16H23F3N2O3S/c1-12-10-21(11-13(2)24-12)9-3-8-20-25(22,23)15-6-4-14(5-7-15)16(17,18)19/h4-7,12-13,20H,3,8-11H2,1-2H3. The second-order valence-corrected chi connectivity index (χ2v) is 8.06. The summed E-state index contributed by atoms with van der Waals surface area (Å²) in [5, 5.41) is 0. The molecule has 0 aromatic heterocycles. The Morgan fingerprint density at radius 2 is 1.72 bits per heavy atom. The van der Waals surface area contributed by atoms with E-state index in [2.05, 4.69) is 9.62 Å². The Morgan fingerprint density at radius 1 is 1.16 bits per heavy atom. The van der Waals surface area contributed by atoms with E-state index in [1.807, 2.05) is 13.8 Å². The molecular weight excluding hydrogens is 357 g/mol. The fraction of sp³-hybridized carbons (Fsp3) is 0.625. The van der Waals surface area contributed by atoms with Gasteiger partial charge in [-0.2, -0.15) is 13.2 Å². The SMILES string of the molecule is CC1CN(CCCNS(=O)(=O)c2ccc(C(F)(F)F)cc2)CC(C)O1. The number of alkyl halides is 3. The van der Waals surface area contributed by atoms with Crippen LogP contribution >= 0.6 is 0 Å². The summed E-state index contributed by atoms with van der Waals surface area (Å²) >= 11 is 0. The fourth-order valence-corrected chi connectivity index (χ4v) is 3.96. The Labute approximate surface area is 146 Å². The van der Waals surface area contributed by atoms with E-state index < -0.39 is 21.8 Å². The molecule has 0 saturated carbocycles. The van der Waals surface area contributed by atoms with Gasteiger partial charge in [0.25, 0.3) is 0 Å². The zero-order valence-electron chi connectivity index (χ0n) is 14.2. The third-order valence-electron chi connectivity index (χ3n) is 3.93. The van der Waals surface area contributed by atoms with Gasteiger partial charge in [-0.05, 0) is 51.1 Å². The lowest BCUT2D eigenvalue weighted by Crippen LogP contribution is -2.46. The molecule has 0 spiro atoms. The molecular formula is C16H23F3N2O3S. The monoisotopic (exact) mass is 380 g/mol. The van der Waals surface area contributed by atoms with Crippen molar-refractivity contribution in [2.45, 2.75) is 43.5 Å². The summed E-state index contributed by atoms with van der Waals surface area (Å²) in [6, 6.07) is 3.48. The van der Waals surface area contributed by atoms with Crippen molar-refractivity contribution in [1.82, 2.24) is 9.62 Å². The first-order valence-corrected chi connectivity index (χ1v) is 9.61. The smallest absolute Gasteiger partial charge is 0.373 e. The minimum absolute atomic E-state index is 0.146. The van der Waals surface area contributed by atoms with Gasteiger partial charge in [0.2, 0.25) is 10.0 Å². The summed E-state index contributed by atoms with van der Waals surface area (Å²) in [5.41, 5.74) is -0.873. The maximum atomic E-state index is 12.5. The third-order valence-corrected chi connectivity index (χ3v) is 5.41. The summed E-state index contributed by atoms with van der Waals surface area (Å²) in [7, 11) is -3.81. The number of benzene rings is 1. The summed E-state index contributed by atoms with van der Waals surface area (Å²) in [6.45, 7) is 6.55. The second kappa shape index (κ2) is 8.03. The van der Waals surface area contributed by atoms with E-state index in [-0.39, 0.29) is 23.6 Å². The third kappa shape index (κ3) is 5.95. The van der Waals surface area contributed by atoms with Crippen LogP contribution in [-0.4, -0.2) is 51.7 Å². The van der Waals surface area contributed by atoms with Gasteiger partial charge in [-0.1, -0.05) is 0 Å². The Bertz CT molecular complexity index is 652. The van der Waals surface area contributed by atoms with Crippen LogP contribution in [0, 0.1) is 0 Å². The molecule has 142 valence electrons. The number of rotatable bonds is 6. The summed E-state index contributed by atoms with van der Waals surface area (Å²) in [6.07, 6.45) is -3.58. The van der Waals surface area contributed by atoms with Crippen molar-refractivity contribution in [3.63, 3.8) is 0 Å². The van der Waals surface area contributed by atoms with Gasteiger partial charge in [0.05, 0.1) is 22.7 Å². The molecule has 1 heterocycles. The zero-order chi connectivity index (χ0) is 18.7. The van der Waals surface area contributed by atoms with Gasteiger partial charge in [-0.3, -0.25) is 4.90 Å². The minimum Gasteiger partial charge on any atom is -0.373 e. The van der Waals surface area contributed by atoms with E-state index in [4.69, 9.17) is 4.74 Å². The average Bonchev–Trinajstić information content (AvgIpc) is 2.50. The van der Waals surface area contributed by atoms with Crippen LogP contribution in [0.15, 0.2) is 29.2 Å². The molecule has 1 saturated heterocycles. The largest absolute Gasteiger partial charge is 0.416 e. The van der Waals surface area contributed by atoms with Gasteiger partial charge in [-0.15, -0.1) is 0 Å². The van der Waals surface area contributed by atoms with Crippen molar-refractivity contribution in [1.29, 1.82) is 0 Å². The molecule has 5 nitrogen and oxygen atoms in total.